The molecular weight excluding hydrogens is 412 g/mol. The van der Waals surface area contributed by atoms with Gasteiger partial charge < -0.3 is 0 Å². The van der Waals surface area contributed by atoms with E-state index in [0.29, 0.717) is 0 Å². The summed E-state index contributed by atoms with van der Waals surface area (Å²) in [5, 5.41) is 0. The molecule has 0 aliphatic carbocycles. The van der Waals surface area contributed by atoms with Crippen LogP contribution in [0.2, 0.25) is 0 Å². The molecule has 1 rings (SSSR count). The Morgan fingerprint density at radius 1 is 0.441 bits per heavy atom. The third-order valence-corrected chi connectivity index (χ3v) is 7.71. The third-order valence-electron chi connectivity index (χ3n) is 7.71. The predicted molar refractivity (Wildman–Crippen MR) is 155 cm³/mol. The minimum absolute atomic E-state index is 0.934. The normalized spacial score (nSPS) is 13.9. The summed E-state index contributed by atoms with van der Waals surface area (Å²) >= 11 is 0. The maximum Gasteiger partial charge on any atom is 0.240 e. The van der Waals surface area contributed by atoms with Crippen LogP contribution in [0, 0.1) is 12.1 Å². The summed E-state index contributed by atoms with van der Waals surface area (Å²) in [5.74, 6) is 0.934. The fourth-order valence-corrected chi connectivity index (χ4v) is 5.40. The van der Waals surface area contributed by atoms with Crippen LogP contribution in [0.4, 0.5) is 0 Å². The molecule has 1 aliphatic heterocycles. The summed E-state index contributed by atoms with van der Waals surface area (Å²) in [6, 6.07) is 0. The SMILES string of the molecule is CCCCCCCCCCCCCCCCCCC(CCCCCCC)CCC[C+]1N=CC=N1. The van der Waals surface area contributed by atoms with E-state index in [9.17, 15) is 0 Å². The molecule has 0 N–H and O–H groups in total. The lowest BCUT2D eigenvalue weighted by atomic mass is 9.89. The lowest BCUT2D eigenvalue weighted by Crippen LogP contribution is -2.02. The first-order valence-electron chi connectivity index (χ1n) is 15.8. The summed E-state index contributed by atoms with van der Waals surface area (Å²) in [6.45, 7) is 4.62. The summed E-state index contributed by atoms with van der Waals surface area (Å²) in [4.78, 5) is 8.69. The standard InChI is InChI=1S/C32H61N2/c1-3-5-7-9-10-11-12-13-14-15-16-17-18-19-21-23-26-31(25-22-20-8-6-4-2)27-24-28-32-33-29-30-34-32/h29-31H,3-28H2,1-2H3/q+1. The second-order valence-electron chi connectivity index (χ2n) is 11.0. The molecule has 0 aromatic carbocycles. The molecule has 0 fully saturated rings. The highest BCUT2D eigenvalue weighted by molar-refractivity contribution is 6.18. The van der Waals surface area contributed by atoms with Gasteiger partial charge in [-0.05, 0) is 18.8 Å². The van der Waals surface area contributed by atoms with Gasteiger partial charge >= 0.3 is 0 Å². The highest BCUT2D eigenvalue weighted by Gasteiger charge is 2.16. The maximum absolute atomic E-state index is 4.35. The van der Waals surface area contributed by atoms with Gasteiger partial charge in [-0.2, -0.15) is 0 Å². The molecule has 0 saturated carbocycles. The fourth-order valence-electron chi connectivity index (χ4n) is 5.40. The van der Waals surface area contributed by atoms with E-state index in [2.05, 4.69) is 23.8 Å². The Labute approximate surface area is 215 Å². The van der Waals surface area contributed by atoms with Gasteiger partial charge in [-0.1, -0.05) is 172 Å². The molecule has 2 heteroatoms. The van der Waals surface area contributed by atoms with E-state index in [4.69, 9.17) is 0 Å². The van der Waals surface area contributed by atoms with Gasteiger partial charge in [0, 0.05) is 0 Å². The van der Waals surface area contributed by atoms with Crippen molar-refractivity contribution in [2.45, 2.75) is 181 Å². The largest absolute Gasteiger partial charge is 0.240 e. The Balaban J connectivity index is 1.94. The minimum atomic E-state index is 0.934. The van der Waals surface area contributed by atoms with E-state index in [-0.39, 0.29) is 0 Å². The minimum Gasteiger partial charge on any atom is -0.0968 e. The van der Waals surface area contributed by atoms with Crippen LogP contribution in [0.25, 0.3) is 0 Å². The Kier molecular flexibility index (Phi) is 23.3. The number of unbranched alkanes of at least 4 members (excludes halogenated alkanes) is 19. The van der Waals surface area contributed by atoms with Gasteiger partial charge in [-0.25, -0.2) is 0 Å². The van der Waals surface area contributed by atoms with Crippen LogP contribution in [0.1, 0.15) is 181 Å². The summed E-state index contributed by atoms with van der Waals surface area (Å²) in [7, 11) is 0. The Morgan fingerprint density at radius 2 is 0.765 bits per heavy atom. The van der Waals surface area contributed by atoms with Crippen LogP contribution in [0.3, 0.4) is 0 Å². The van der Waals surface area contributed by atoms with E-state index in [1.807, 2.05) is 12.4 Å². The van der Waals surface area contributed by atoms with Crippen LogP contribution < -0.4 is 0 Å². The lowest BCUT2D eigenvalue weighted by molar-refractivity contribution is 0.369. The number of hydrogen-bond donors (Lipinski definition) is 0. The van der Waals surface area contributed by atoms with Gasteiger partial charge in [-0.15, -0.1) is 0 Å². The molecule has 0 bridgehead atoms. The van der Waals surface area contributed by atoms with Crippen LogP contribution in [0.5, 0.6) is 0 Å². The number of aliphatic imine (C=N–C) groups is 2. The van der Waals surface area contributed by atoms with Crippen molar-refractivity contribution in [3.63, 3.8) is 0 Å². The zero-order valence-corrected chi connectivity index (χ0v) is 23.5. The summed E-state index contributed by atoms with van der Waals surface area (Å²) in [5.41, 5.74) is 0. The van der Waals surface area contributed by atoms with Gasteiger partial charge in [0.15, 0.2) is 12.4 Å². The number of hydrogen-bond acceptors (Lipinski definition) is 2. The van der Waals surface area contributed by atoms with E-state index in [0.717, 1.165) is 18.5 Å². The quantitative estimate of drug-likeness (QED) is 0.0836. The first-order valence-corrected chi connectivity index (χ1v) is 15.8. The molecule has 2 nitrogen and oxygen atoms in total. The number of rotatable bonds is 27. The average molecular weight is 474 g/mol. The van der Waals surface area contributed by atoms with Gasteiger partial charge in [0.05, 0.1) is 6.42 Å². The van der Waals surface area contributed by atoms with E-state index in [1.54, 1.807) is 0 Å². The second-order valence-corrected chi connectivity index (χ2v) is 11.0. The van der Waals surface area contributed by atoms with Crippen molar-refractivity contribution < 1.29 is 0 Å². The van der Waals surface area contributed by atoms with E-state index in [1.165, 1.54) is 161 Å². The van der Waals surface area contributed by atoms with Crippen molar-refractivity contribution in [2.24, 2.45) is 15.9 Å². The average Bonchev–Trinajstić information content (AvgIpc) is 3.36. The Hall–Kier alpha value is -0.790. The lowest BCUT2D eigenvalue weighted by Gasteiger charge is -2.16. The van der Waals surface area contributed by atoms with Crippen molar-refractivity contribution in [1.29, 1.82) is 0 Å². The highest BCUT2D eigenvalue weighted by Crippen LogP contribution is 2.26. The molecule has 198 valence electrons. The van der Waals surface area contributed by atoms with Crippen LogP contribution >= 0.6 is 0 Å². The van der Waals surface area contributed by atoms with Crippen molar-refractivity contribution in [2.75, 3.05) is 0 Å². The van der Waals surface area contributed by atoms with Crippen LogP contribution in [-0.2, 0) is 0 Å². The van der Waals surface area contributed by atoms with Gasteiger partial charge in [-0.3, -0.25) is 0 Å². The molecule has 1 atom stereocenters. The molecule has 1 unspecified atom stereocenters. The predicted octanol–water partition coefficient (Wildman–Crippen LogP) is 11.4. The smallest absolute Gasteiger partial charge is 0.0968 e. The molecule has 0 aromatic rings. The molecule has 34 heavy (non-hydrogen) atoms. The molecule has 0 radical (unpaired) electrons. The van der Waals surface area contributed by atoms with Crippen molar-refractivity contribution in [1.82, 2.24) is 0 Å². The highest BCUT2D eigenvalue weighted by atomic mass is 15.0. The Bertz CT molecular complexity index is 444. The van der Waals surface area contributed by atoms with E-state index >= 15 is 0 Å². The topological polar surface area (TPSA) is 24.7 Å². The fraction of sp³-hybridized carbons (Fsp3) is 0.906. The molecule has 0 aromatic heterocycles. The monoisotopic (exact) mass is 473 g/mol. The second kappa shape index (κ2) is 25.3. The summed E-state index contributed by atoms with van der Waals surface area (Å²) < 4.78 is 0. The van der Waals surface area contributed by atoms with Gasteiger partial charge in [0.1, 0.15) is 0 Å². The van der Waals surface area contributed by atoms with E-state index < -0.39 is 0 Å². The Morgan fingerprint density at radius 3 is 1.15 bits per heavy atom. The zero-order valence-electron chi connectivity index (χ0n) is 23.5. The zero-order chi connectivity index (χ0) is 24.4. The molecule has 1 aliphatic rings. The molecular formula is C32H61N2+. The first-order chi connectivity index (χ1) is 16.9. The van der Waals surface area contributed by atoms with Crippen LogP contribution in [0.15, 0.2) is 9.98 Å². The molecule has 0 saturated heterocycles. The molecule has 0 amide bonds. The van der Waals surface area contributed by atoms with Gasteiger partial charge in [0.2, 0.25) is 6.17 Å². The third kappa shape index (κ3) is 20.6. The van der Waals surface area contributed by atoms with Crippen LogP contribution in [-0.4, -0.2) is 12.4 Å². The van der Waals surface area contributed by atoms with Crippen molar-refractivity contribution in [3.05, 3.63) is 6.17 Å². The molecule has 0 spiro atoms. The number of nitrogens with zero attached hydrogens (tertiary/aromatic N) is 2. The van der Waals surface area contributed by atoms with Gasteiger partial charge in [0.25, 0.3) is 0 Å². The summed E-state index contributed by atoms with van der Waals surface area (Å²) in [6.07, 6.45) is 41.8. The van der Waals surface area contributed by atoms with Crippen molar-refractivity contribution >= 4 is 12.4 Å². The first kappa shape index (κ1) is 31.2. The maximum atomic E-state index is 4.35. The van der Waals surface area contributed by atoms with Crippen molar-refractivity contribution in [3.8, 4) is 0 Å². The molecule has 1 heterocycles.